The second kappa shape index (κ2) is 6.98. The number of nitrogens with two attached hydrogens (primary N) is 1. The molecule has 1 aromatic heterocycles. The van der Waals surface area contributed by atoms with Crippen LogP contribution in [-0.4, -0.2) is 23.4 Å². The summed E-state index contributed by atoms with van der Waals surface area (Å²) in [6.07, 6.45) is -4.74. The van der Waals surface area contributed by atoms with Crippen LogP contribution in [0, 0.1) is 0 Å². The Morgan fingerprint density at radius 1 is 1.19 bits per heavy atom. The fraction of sp³-hybridized carbons (Fsp3) is 0.118. The molecule has 2 amide bonds. The van der Waals surface area contributed by atoms with Crippen LogP contribution in [-0.2, 0) is 11.0 Å². The molecular weight excluding hydrogens is 367 g/mol. The number of carbonyl (C=O) groups excluding carboxylic acids is 2. The number of halogens is 3. The SMILES string of the molecule is NC(=O)c1cccc(NC(=O)COc2cccc3oc(C(F)(F)F)nc23)c1. The molecule has 2 aromatic carbocycles. The Bertz CT molecular complexity index is 1010. The van der Waals surface area contributed by atoms with Gasteiger partial charge in [-0.15, -0.1) is 0 Å². The van der Waals surface area contributed by atoms with E-state index in [0.717, 1.165) is 0 Å². The van der Waals surface area contributed by atoms with Crippen LogP contribution in [0.4, 0.5) is 18.9 Å². The van der Waals surface area contributed by atoms with E-state index in [1.54, 1.807) is 0 Å². The molecule has 140 valence electrons. The zero-order chi connectivity index (χ0) is 19.6. The predicted octanol–water partition coefficient (Wildman–Crippen LogP) is 2.96. The number of nitrogens with zero attached hydrogens (tertiary/aromatic N) is 1. The second-order valence-corrected chi connectivity index (χ2v) is 5.40. The number of alkyl halides is 3. The molecule has 3 rings (SSSR count). The lowest BCUT2D eigenvalue weighted by molar-refractivity contribution is -0.156. The van der Waals surface area contributed by atoms with E-state index in [1.807, 2.05) is 0 Å². The highest BCUT2D eigenvalue weighted by Crippen LogP contribution is 2.34. The van der Waals surface area contributed by atoms with E-state index >= 15 is 0 Å². The first-order valence-corrected chi connectivity index (χ1v) is 7.53. The van der Waals surface area contributed by atoms with E-state index in [0.29, 0.717) is 5.69 Å². The standard InChI is InChI=1S/C17H12F3N3O4/c18-17(19,20)16-23-14-11(5-2-6-12(14)27-16)26-8-13(24)22-10-4-1-3-9(7-10)15(21)25/h1-7H,8H2,(H2,21,25)(H,22,24). The number of nitrogens with one attached hydrogen (secondary N) is 1. The first-order chi connectivity index (χ1) is 12.7. The molecule has 0 saturated heterocycles. The van der Waals surface area contributed by atoms with E-state index in [1.165, 1.54) is 42.5 Å². The smallest absolute Gasteiger partial charge is 0.468 e. The highest BCUT2D eigenvalue weighted by atomic mass is 19.4. The molecule has 0 fully saturated rings. The lowest BCUT2D eigenvalue weighted by Gasteiger charge is -2.08. The first kappa shape index (κ1) is 18.2. The number of aromatic nitrogens is 1. The molecule has 27 heavy (non-hydrogen) atoms. The number of carbonyl (C=O) groups is 2. The van der Waals surface area contributed by atoms with Gasteiger partial charge in [-0.2, -0.15) is 13.2 Å². The molecule has 0 atom stereocenters. The summed E-state index contributed by atoms with van der Waals surface area (Å²) in [6, 6.07) is 10.0. The fourth-order valence-electron chi connectivity index (χ4n) is 2.25. The average Bonchev–Trinajstić information content (AvgIpc) is 3.05. The maximum absolute atomic E-state index is 12.7. The Morgan fingerprint density at radius 2 is 1.93 bits per heavy atom. The molecule has 0 radical (unpaired) electrons. The Morgan fingerprint density at radius 3 is 2.63 bits per heavy atom. The van der Waals surface area contributed by atoms with Crippen LogP contribution in [0.1, 0.15) is 16.2 Å². The average molecular weight is 379 g/mol. The third kappa shape index (κ3) is 4.17. The van der Waals surface area contributed by atoms with Crippen LogP contribution in [0.25, 0.3) is 11.1 Å². The minimum atomic E-state index is -4.74. The lowest BCUT2D eigenvalue weighted by Crippen LogP contribution is -2.20. The van der Waals surface area contributed by atoms with Crippen molar-refractivity contribution in [2.75, 3.05) is 11.9 Å². The van der Waals surface area contributed by atoms with Crippen LogP contribution in [0.2, 0.25) is 0 Å². The number of fused-ring (bicyclic) bond motifs is 1. The molecule has 0 bridgehead atoms. The van der Waals surface area contributed by atoms with Crippen molar-refractivity contribution in [2.24, 2.45) is 5.73 Å². The molecule has 0 unspecified atom stereocenters. The number of benzene rings is 2. The van der Waals surface area contributed by atoms with Crippen molar-refractivity contribution in [1.82, 2.24) is 4.98 Å². The van der Waals surface area contributed by atoms with Gasteiger partial charge in [0.2, 0.25) is 5.91 Å². The van der Waals surface area contributed by atoms with Crippen molar-refractivity contribution in [3.05, 3.63) is 53.9 Å². The number of para-hydroxylation sites is 1. The second-order valence-electron chi connectivity index (χ2n) is 5.40. The first-order valence-electron chi connectivity index (χ1n) is 7.53. The van der Waals surface area contributed by atoms with Crippen LogP contribution in [0.3, 0.4) is 0 Å². The van der Waals surface area contributed by atoms with Gasteiger partial charge in [-0.3, -0.25) is 9.59 Å². The number of hydrogen-bond donors (Lipinski definition) is 2. The van der Waals surface area contributed by atoms with Gasteiger partial charge < -0.3 is 20.2 Å². The number of amides is 2. The highest BCUT2D eigenvalue weighted by Gasteiger charge is 2.37. The van der Waals surface area contributed by atoms with Crippen LogP contribution < -0.4 is 15.8 Å². The van der Waals surface area contributed by atoms with E-state index in [9.17, 15) is 22.8 Å². The minimum Gasteiger partial charge on any atom is -0.481 e. The van der Waals surface area contributed by atoms with Crippen molar-refractivity contribution < 1.29 is 31.9 Å². The van der Waals surface area contributed by atoms with Crippen molar-refractivity contribution in [3.63, 3.8) is 0 Å². The van der Waals surface area contributed by atoms with Gasteiger partial charge in [0.05, 0.1) is 0 Å². The largest absolute Gasteiger partial charge is 0.481 e. The Hall–Kier alpha value is -3.56. The molecule has 10 heteroatoms. The number of primary amides is 1. The summed E-state index contributed by atoms with van der Waals surface area (Å²) < 4.78 is 48.0. The van der Waals surface area contributed by atoms with E-state index in [-0.39, 0.29) is 22.4 Å². The Balaban J connectivity index is 1.71. The molecule has 1 heterocycles. The topological polar surface area (TPSA) is 107 Å². The molecule has 0 aliphatic rings. The van der Waals surface area contributed by atoms with Gasteiger partial charge in [-0.1, -0.05) is 12.1 Å². The summed E-state index contributed by atoms with van der Waals surface area (Å²) in [5.41, 5.74) is 5.43. The molecule has 7 nitrogen and oxygen atoms in total. The van der Waals surface area contributed by atoms with Crippen LogP contribution >= 0.6 is 0 Å². The highest BCUT2D eigenvalue weighted by molar-refractivity contribution is 5.96. The molecule has 3 aromatic rings. The maximum Gasteiger partial charge on any atom is 0.468 e. The van der Waals surface area contributed by atoms with Gasteiger partial charge in [0.15, 0.2) is 17.7 Å². The van der Waals surface area contributed by atoms with Crippen molar-refractivity contribution in [3.8, 4) is 5.75 Å². The number of rotatable bonds is 5. The van der Waals surface area contributed by atoms with E-state index < -0.39 is 30.5 Å². The van der Waals surface area contributed by atoms with Crippen LogP contribution in [0.15, 0.2) is 46.9 Å². The maximum atomic E-state index is 12.7. The third-order valence-corrected chi connectivity index (χ3v) is 3.41. The van der Waals surface area contributed by atoms with E-state index in [4.69, 9.17) is 10.5 Å². The van der Waals surface area contributed by atoms with Gasteiger partial charge in [-0.25, -0.2) is 4.98 Å². The summed E-state index contributed by atoms with van der Waals surface area (Å²) in [6.45, 7) is -0.492. The zero-order valence-corrected chi connectivity index (χ0v) is 13.5. The molecule has 0 saturated carbocycles. The summed E-state index contributed by atoms with van der Waals surface area (Å²) in [5.74, 6) is -2.68. The number of hydrogen-bond acceptors (Lipinski definition) is 5. The monoisotopic (exact) mass is 379 g/mol. The van der Waals surface area contributed by atoms with Gasteiger partial charge in [-0.05, 0) is 30.3 Å². The number of anilines is 1. The fourth-order valence-corrected chi connectivity index (χ4v) is 2.25. The summed E-state index contributed by atoms with van der Waals surface area (Å²) in [7, 11) is 0. The third-order valence-electron chi connectivity index (χ3n) is 3.41. The lowest BCUT2D eigenvalue weighted by atomic mass is 10.2. The van der Waals surface area contributed by atoms with Crippen molar-refractivity contribution in [1.29, 1.82) is 0 Å². The van der Waals surface area contributed by atoms with Crippen molar-refractivity contribution >= 4 is 28.6 Å². The Labute approximate surface area is 149 Å². The summed E-state index contributed by atoms with van der Waals surface area (Å²) >= 11 is 0. The number of oxazole rings is 1. The normalized spacial score (nSPS) is 11.4. The molecule has 0 aliphatic heterocycles. The minimum absolute atomic E-state index is 0.0345. The van der Waals surface area contributed by atoms with Gasteiger partial charge >= 0.3 is 12.1 Å². The van der Waals surface area contributed by atoms with Crippen LogP contribution in [0.5, 0.6) is 5.75 Å². The number of ether oxygens (including phenoxy) is 1. The van der Waals surface area contributed by atoms with Gasteiger partial charge in [0, 0.05) is 11.3 Å². The molecular formula is C17H12F3N3O4. The predicted molar refractivity (Wildman–Crippen MR) is 88.1 cm³/mol. The van der Waals surface area contributed by atoms with Gasteiger partial charge in [0.25, 0.3) is 5.91 Å². The summed E-state index contributed by atoms with van der Waals surface area (Å²) in [5, 5.41) is 2.49. The quantitative estimate of drug-likeness (QED) is 0.709. The molecule has 0 aliphatic carbocycles. The molecule has 3 N–H and O–H groups in total. The van der Waals surface area contributed by atoms with Gasteiger partial charge in [0.1, 0.15) is 5.75 Å². The van der Waals surface area contributed by atoms with Crippen molar-refractivity contribution in [2.45, 2.75) is 6.18 Å². The summed E-state index contributed by atoms with van der Waals surface area (Å²) in [4.78, 5) is 26.5. The van der Waals surface area contributed by atoms with E-state index in [2.05, 4.69) is 14.7 Å². The molecule has 0 spiro atoms. The zero-order valence-electron chi connectivity index (χ0n) is 13.5. The Kier molecular flexibility index (Phi) is 4.72.